The van der Waals surface area contributed by atoms with Gasteiger partial charge in [-0.05, 0) is 63.2 Å². The lowest BCUT2D eigenvalue weighted by Crippen LogP contribution is -2.41. The van der Waals surface area contributed by atoms with Crippen LogP contribution in [0, 0.1) is 5.92 Å². The first kappa shape index (κ1) is 19.3. The van der Waals surface area contributed by atoms with Crippen molar-refractivity contribution in [3.8, 4) is 11.5 Å². The Labute approximate surface area is 169 Å². The molecule has 1 atom stereocenters. The van der Waals surface area contributed by atoms with Gasteiger partial charge in [0.25, 0.3) is 0 Å². The van der Waals surface area contributed by atoms with Gasteiger partial charge in [-0.25, -0.2) is 9.97 Å². The van der Waals surface area contributed by atoms with Crippen molar-refractivity contribution in [1.82, 2.24) is 19.9 Å². The molecule has 0 aromatic carbocycles. The summed E-state index contributed by atoms with van der Waals surface area (Å²) in [6.07, 6.45) is 10.9. The van der Waals surface area contributed by atoms with E-state index in [1.807, 2.05) is 24.4 Å². The van der Waals surface area contributed by atoms with E-state index in [9.17, 15) is 0 Å². The summed E-state index contributed by atoms with van der Waals surface area (Å²) in [4.78, 5) is 19.3. The normalized spacial score (nSPS) is 21.5. The molecule has 28 heavy (non-hydrogen) atoms. The molecule has 2 aromatic rings. The zero-order valence-corrected chi connectivity index (χ0v) is 17.2. The highest BCUT2D eigenvalue weighted by Crippen LogP contribution is 2.25. The number of nitrogens with zero attached hydrogens (tertiary/aromatic N) is 5. The molecule has 0 bridgehead atoms. The summed E-state index contributed by atoms with van der Waals surface area (Å²) in [6.45, 7) is 8.18. The van der Waals surface area contributed by atoms with Gasteiger partial charge in [0.05, 0.1) is 0 Å². The van der Waals surface area contributed by atoms with Crippen molar-refractivity contribution in [2.24, 2.45) is 5.92 Å². The minimum absolute atomic E-state index is 0.741. The molecule has 2 aliphatic heterocycles. The van der Waals surface area contributed by atoms with Gasteiger partial charge in [-0.1, -0.05) is 25.8 Å². The van der Waals surface area contributed by atoms with Crippen LogP contribution in [0.3, 0.4) is 0 Å². The molecule has 1 unspecified atom stereocenters. The van der Waals surface area contributed by atoms with Gasteiger partial charge in [0.1, 0.15) is 11.5 Å². The van der Waals surface area contributed by atoms with Gasteiger partial charge in [-0.3, -0.25) is 4.98 Å². The lowest BCUT2D eigenvalue weighted by Gasteiger charge is -2.36. The number of aryl methyl sites for hydroxylation is 1. The Hall–Kier alpha value is -2.01. The summed E-state index contributed by atoms with van der Waals surface area (Å²) in [5.74, 6) is 2.57. The van der Waals surface area contributed by atoms with E-state index in [0.717, 1.165) is 48.5 Å². The van der Waals surface area contributed by atoms with Gasteiger partial charge in [0.15, 0.2) is 5.82 Å². The molecule has 4 rings (SSSR count). The highest BCUT2D eigenvalue weighted by atomic mass is 15.2. The van der Waals surface area contributed by atoms with Crippen LogP contribution >= 0.6 is 0 Å². The molecule has 0 N–H and O–H groups in total. The summed E-state index contributed by atoms with van der Waals surface area (Å²) < 4.78 is 0. The predicted octanol–water partition coefficient (Wildman–Crippen LogP) is 4.19. The SMILES string of the molecule is CCc1cc(N2CCCC(CN3CCCCCC3)C2)nc(-c2ccccn2)n1. The van der Waals surface area contributed by atoms with E-state index >= 15 is 0 Å². The van der Waals surface area contributed by atoms with Crippen molar-refractivity contribution in [2.75, 3.05) is 37.6 Å². The van der Waals surface area contributed by atoms with Gasteiger partial charge in [0.2, 0.25) is 0 Å². The fraction of sp³-hybridized carbons (Fsp3) is 0.609. The molecule has 5 heteroatoms. The first-order chi connectivity index (χ1) is 13.8. The number of piperidine rings is 1. The van der Waals surface area contributed by atoms with Crippen molar-refractivity contribution in [3.63, 3.8) is 0 Å². The van der Waals surface area contributed by atoms with E-state index in [-0.39, 0.29) is 0 Å². The molecular weight excluding hydrogens is 346 g/mol. The average molecular weight is 380 g/mol. The highest BCUT2D eigenvalue weighted by Gasteiger charge is 2.24. The molecule has 0 amide bonds. The van der Waals surface area contributed by atoms with Crippen LogP contribution in [0.15, 0.2) is 30.5 Å². The van der Waals surface area contributed by atoms with Crippen LogP contribution in [0.2, 0.25) is 0 Å². The van der Waals surface area contributed by atoms with E-state index in [0.29, 0.717) is 0 Å². The maximum Gasteiger partial charge on any atom is 0.180 e. The lowest BCUT2D eigenvalue weighted by molar-refractivity contribution is 0.222. The third kappa shape index (κ3) is 4.88. The van der Waals surface area contributed by atoms with Crippen molar-refractivity contribution < 1.29 is 0 Å². The van der Waals surface area contributed by atoms with Crippen LogP contribution in [0.25, 0.3) is 11.5 Å². The largest absolute Gasteiger partial charge is 0.356 e. The Kier molecular flexibility index (Phi) is 6.53. The van der Waals surface area contributed by atoms with E-state index in [2.05, 4.69) is 27.8 Å². The van der Waals surface area contributed by atoms with E-state index < -0.39 is 0 Å². The zero-order valence-electron chi connectivity index (χ0n) is 17.2. The molecule has 5 nitrogen and oxygen atoms in total. The maximum atomic E-state index is 4.91. The molecule has 0 saturated carbocycles. The molecule has 2 saturated heterocycles. The summed E-state index contributed by atoms with van der Waals surface area (Å²) in [7, 11) is 0. The van der Waals surface area contributed by atoms with Crippen LogP contribution in [0.1, 0.15) is 51.1 Å². The Morgan fingerprint density at radius 3 is 2.61 bits per heavy atom. The second-order valence-electron chi connectivity index (χ2n) is 8.28. The number of hydrogen-bond acceptors (Lipinski definition) is 5. The monoisotopic (exact) mass is 379 g/mol. The molecule has 150 valence electrons. The number of pyridine rings is 1. The van der Waals surface area contributed by atoms with Crippen molar-refractivity contribution in [2.45, 2.75) is 51.9 Å². The Morgan fingerprint density at radius 2 is 1.86 bits per heavy atom. The standard InChI is InChI=1S/C23H33N5/c1-2-20-16-22(26-23(25-20)21-11-5-6-12-24-21)28-15-9-10-19(18-28)17-27-13-7-3-4-8-14-27/h5-6,11-12,16,19H,2-4,7-10,13-15,17-18H2,1H3. The quantitative estimate of drug-likeness (QED) is 0.779. The number of anilines is 1. The van der Waals surface area contributed by atoms with E-state index in [1.165, 1.54) is 58.2 Å². The third-order valence-electron chi connectivity index (χ3n) is 6.08. The molecule has 4 heterocycles. The van der Waals surface area contributed by atoms with E-state index in [1.54, 1.807) is 0 Å². The van der Waals surface area contributed by atoms with Crippen LogP contribution < -0.4 is 4.90 Å². The number of aromatic nitrogens is 3. The Morgan fingerprint density at radius 1 is 1.00 bits per heavy atom. The van der Waals surface area contributed by atoms with Crippen LogP contribution in [0.5, 0.6) is 0 Å². The van der Waals surface area contributed by atoms with Gasteiger partial charge >= 0.3 is 0 Å². The molecule has 2 fully saturated rings. The third-order valence-corrected chi connectivity index (χ3v) is 6.08. The molecule has 0 spiro atoms. The number of rotatable bonds is 5. The Bertz CT molecular complexity index is 740. The van der Waals surface area contributed by atoms with Gasteiger partial charge in [-0.15, -0.1) is 0 Å². The average Bonchev–Trinajstić information content (AvgIpc) is 3.03. The topological polar surface area (TPSA) is 45.2 Å². The van der Waals surface area contributed by atoms with Crippen LogP contribution in [-0.4, -0.2) is 52.6 Å². The van der Waals surface area contributed by atoms with Crippen LogP contribution in [0.4, 0.5) is 5.82 Å². The van der Waals surface area contributed by atoms with Crippen molar-refractivity contribution >= 4 is 5.82 Å². The summed E-state index contributed by atoms with van der Waals surface area (Å²) in [5.41, 5.74) is 1.96. The first-order valence-corrected chi connectivity index (χ1v) is 11.1. The molecule has 0 radical (unpaired) electrons. The summed E-state index contributed by atoms with van der Waals surface area (Å²) >= 11 is 0. The van der Waals surface area contributed by atoms with Gasteiger partial charge in [0, 0.05) is 37.6 Å². The summed E-state index contributed by atoms with van der Waals surface area (Å²) in [5, 5.41) is 0. The molecular formula is C23H33N5. The second-order valence-corrected chi connectivity index (χ2v) is 8.28. The number of likely N-dealkylation sites (tertiary alicyclic amines) is 1. The predicted molar refractivity (Wildman–Crippen MR) is 114 cm³/mol. The van der Waals surface area contributed by atoms with Gasteiger partial charge < -0.3 is 9.80 Å². The van der Waals surface area contributed by atoms with Crippen LogP contribution in [-0.2, 0) is 6.42 Å². The molecule has 2 aromatic heterocycles. The maximum absolute atomic E-state index is 4.91. The van der Waals surface area contributed by atoms with Crippen molar-refractivity contribution in [3.05, 3.63) is 36.2 Å². The zero-order chi connectivity index (χ0) is 19.2. The fourth-order valence-electron chi connectivity index (χ4n) is 4.54. The minimum atomic E-state index is 0.741. The second kappa shape index (κ2) is 9.46. The minimum Gasteiger partial charge on any atom is -0.356 e. The lowest BCUT2D eigenvalue weighted by atomic mass is 9.97. The highest BCUT2D eigenvalue weighted by molar-refractivity contribution is 5.54. The molecule has 0 aliphatic carbocycles. The van der Waals surface area contributed by atoms with Crippen molar-refractivity contribution in [1.29, 1.82) is 0 Å². The number of hydrogen-bond donors (Lipinski definition) is 0. The van der Waals surface area contributed by atoms with Gasteiger partial charge in [-0.2, -0.15) is 0 Å². The van der Waals surface area contributed by atoms with E-state index in [4.69, 9.17) is 9.97 Å². The fourth-order valence-corrected chi connectivity index (χ4v) is 4.54. The Balaban J connectivity index is 1.49. The smallest absolute Gasteiger partial charge is 0.180 e. The molecule has 2 aliphatic rings. The first-order valence-electron chi connectivity index (χ1n) is 11.1. The summed E-state index contributed by atoms with van der Waals surface area (Å²) in [6, 6.07) is 8.12.